The Morgan fingerprint density at radius 2 is 1.38 bits per heavy atom. The largest absolute Gasteiger partial charge is 0.245 e. The SMILES string of the molecule is CC(C)C(C)CCC(C)(F)F.CC(C)C1CCCCCC1. The van der Waals surface area contributed by atoms with Crippen LogP contribution in [0.4, 0.5) is 8.78 Å². The van der Waals surface area contributed by atoms with Crippen molar-refractivity contribution >= 4 is 0 Å². The fourth-order valence-corrected chi connectivity index (χ4v) is 2.79. The van der Waals surface area contributed by atoms with Gasteiger partial charge in [0, 0.05) is 6.42 Å². The summed E-state index contributed by atoms with van der Waals surface area (Å²) in [6.45, 7) is 11.9. The topological polar surface area (TPSA) is 0 Å². The molecule has 21 heavy (non-hydrogen) atoms. The Bertz CT molecular complexity index is 232. The van der Waals surface area contributed by atoms with Crippen molar-refractivity contribution in [2.45, 2.75) is 98.8 Å². The van der Waals surface area contributed by atoms with Crippen LogP contribution in [0.15, 0.2) is 0 Å². The van der Waals surface area contributed by atoms with Gasteiger partial charge in [0.1, 0.15) is 0 Å². The van der Waals surface area contributed by atoms with Gasteiger partial charge in [-0.1, -0.05) is 73.1 Å². The fraction of sp³-hybridized carbons (Fsp3) is 1.00. The summed E-state index contributed by atoms with van der Waals surface area (Å²) < 4.78 is 24.7. The third kappa shape index (κ3) is 12.1. The Hall–Kier alpha value is -0.140. The highest BCUT2D eigenvalue weighted by atomic mass is 19.3. The predicted octanol–water partition coefficient (Wildman–Crippen LogP) is 7.33. The second-order valence-electron chi connectivity index (χ2n) is 7.83. The first-order valence-electron chi connectivity index (χ1n) is 9.01. The molecule has 0 aromatic rings. The van der Waals surface area contributed by atoms with Crippen LogP contribution in [0.25, 0.3) is 0 Å². The van der Waals surface area contributed by atoms with Gasteiger partial charge in [0.15, 0.2) is 0 Å². The molecule has 0 spiro atoms. The number of alkyl halides is 2. The third-order valence-corrected chi connectivity index (χ3v) is 5.02. The lowest BCUT2D eigenvalue weighted by Gasteiger charge is -2.17. The molecular formula is C19H38F2. The Labute approximate surface area is 132 Å². The van der Waals surface area contributed by atoms with Gasteiger partial charge in [0.25, 0.3) is 0 Å². The van der Waals surface area contributed by atoms with Crippen LogP contribution in [0.1, 0.15) is 92.9 Å². The normalized spacial score (nSPS) is 19.1. The smallest absolute Gasteiger partial charge is 0.207 e. The Kier molecular flexibility index (Phi) is 10.5. The zero-order valence-corrected chi connectivity index (χ0v) is 15.2. The van der Waals surface area contributed by atoms with Crippen LogP contribution in [-0.4, -0.2) is 5.92 Å². The zero-order chi connectivity index (χ0) is 16.5. The van der Waals surface area contributed by atoms with Gasteiger partial charge in [-0.25, -0.2) is 8.78 Å². The van der Waals surface area contributed by atoms with Gasteiger partial charge < -0.3 is 0 Å². The Balaban J connectivity index is 0.000000382. The molecule has 0 bridgehead atoms. The monoisotopic (exact) mass is 304 g/mol. The molecule has 0 radical (unpaired) electrons. The van der Waals surface area contributed by atoms with Gasteiger partial charge in [0.2, 0.25) is 5.92 Å². The molecule has 1 aliphatic carbocycles. The lowest BCUT2D eigenvalue weighted by atomic mass is 9.89. The minimum atomic E-state index is -2.48. The van der Waals surface area contributed by atoms with Crippen molar-refractivity contribution in [3.63, 3.8) is 0 Å². The third-order valence-electron chi connectivity index (χ3n) is 5.02. The van der Waals surface area contributed by atoms with Crippen molar-refractivity contribution < 1.29 is 8.78 Å². The summed E-state index contributed by atoms with van der Waals surface area (Å²) in [6.07, 6.45) is 9.60. The van der Waals surface area contributed by atoms with Crippen LogP contribution in [-0.2, 0) is 0 Å². The van der Waals surface area contributed by atoms with Crippen molar-refractivity contribution in [3.05, 3.63) is 0 Å². The van der Waals surface area contributed by atoms with Crippen LogP contribution < -0.4 is 0 Å². The molecule has 1 rings (SSSR count). The van der Waals surface area contributed by atoms with Crippen molar-refractivity contribution in [3.8, 4) is 0 Å². The first-order chi connectivity index (χ1) is 9.63. The summed E-state index contributed by atoms with van der Waals surface area (Å²) in [5, 5.41) is 0. The Morgan fingerprint density at radius 1 is 0.905 bits per heavy atom. The van der Waals surface area contributed by atoms with Crippen LogP contribution in [0.3, 0.4) is 0 Å². The number of hydrogen-bond acceptors (Lipinski definition) is 0. The summed E-state index contributed by atoms with van der Waals surface area (Å²) in [7, 11) is 0. The van der Waals surface area contributed by atoms with Crippen molar-refractivity contribution in [1.82, 2.24) is 0 Å². The lowest BCUT2D eigenvalue weighted by Crippen LogP contribution is -2.13. The molecule has 0 heterocycles. The van der Waals surface area contributed by atoms with Gasteiger partial charge in [0.05, 0.1) is 0 Å². The molecule has 1 aliphatic rings. The van der Waals surface area contributed by atoms with E-state index in [1.165, 1.54) is 38.5 Å². The van der Waals surface area contributed by atoms with Crippen LogP contribution in [0.5, 0.6) is 0 Å². The number of rotatable bonds is 5. The van der Waals surface area contributed by atoms with Crippen molar-refractivity contribution in [1.29, 1.82) is 0 Å². The molecule has 0 aliphatic heterocycles. The quantitative estimate of drug-likeness (QED) is 0.466. The maximum absolute atomic E-state index is 12.3. The number of halogens is 2. The summed E-state index contributed by atoms with van der Waals surface area (Å²) in [4.78, 5) is 0. The summed E-state index contributed by atoms with van der Waals surface area (Å²) in [5.74, 6) is 0.405. The molecule has 2 heteroatoms. The molecule has 1 atom stereocenters. The molecule has 0 nitrogen and oxygen atoms in total. The second kappa shape index (κ2) is 10.6. The highest BCUT2D eigenvalue weighted by molar-refractivity contribution is 4.67. The molecule has 1 unspecified atom stereocenters. The zero-order valence-electron chi connectivity index (χ0n) is 15.2. The van der Waals surface area contributed by atoms with E-state index in [-0.39, 0.29) is 6.42 Å². The van der Waals surface area contributed by atoms with E-state index in [0.717, 1.165) is 18.8 Å². The van der Waals surface area contributed by atoms with E-state index in [2.05, 4.69) is 27.7 Å². The molecule has 128 valence electrons. The molecule has 0 N–H and O–H groups in total. The van der Waals surface area contributed by atoms with E-state index in [1.54, 1.807) is 0 Å². The molecule has 1 saturated carbocycles. The second-order valence-corrected chi connectivity index (χ2v) is 7.83. The van der Waals surface area contributed by atoms with Gasteiger partial charge in [-0.05, 0) is 37.0 Å². The maximum atomic E-state index is 12.3. The average molecular weight is 305 g/mol. The molecule has 0 amide bonds. The minimum absolute atomic E-state index is 0.0202. The van der Waals surface area contributed by atoms with Gasteiger partial charge in [-0.15, -0.1) is 0 Å². The van der Waals surface area contributed by atoms with Crippen LogP contribution in [0, 0.1) is 23.7 Å². The first-order valence-corrected chi connectivity index (χ1v) is 9.01. The predicted molar refractivity (Wildman–Crippen MR) is 89.9 cm³/mol. The van der Waals surface area contributed by atoms with Crippen LogP contribution in [0.2, 0.25) is 0 Å². The van der Waals surface area contributed by atoms with E-state index in [9.17, 15) is 8.78 Å². The maximum Gasteiger partial charge on any atom is 0.245 e. The average Bonchev–Trinajstić information content (AvgIpc) is 2.64. The van der Waals surface area contributed by atoms with Gasteiger partial charge >= 0.3 is 0 Å². The van der Waals surface area contributed by atoms with Gasteiger partial charge in [-0.3, -0.25) is 0 Å². The minimum Gasteiger partial charge on any atom is -0.207 e. The van der Waals surface area contributed by atoms with Crippen molar-refractivity contribution in [2.24, 2.45) is 23.7 Å². The highest BCUT2D eigenvalue weighted by Gasteiger charge is 2.22. The number of hydrogen-bond donors (Lipinski definition) is 0. The Morgan fingerprint density at radius 3 is 1.71 bits per heavy atom. The molecule has 0 aromatic heterocycles. The van der Waals surface area contributed by atoms with E-state index in [4.69, 9.17) is 0 Å². The van der Waals surface area contributed by atoms with E-state index in [0.29, 0.717) is 18.3 Å². The summed E-state index contributed by atoms with van der Waals surface area (Å²) in [6, 6.07) is 0. The molecule has 0 saturated heterocycles. The summed E-state index contributed by atoms with van der Waals surface area (Å²) in [5.41, 5.74) is 0. The molecular weight excluding hydrogens is 266 g/mol. The standard InChI is InChI=1S/C10H20.C9H18F2/c1-9(2)10-7-5-3-4-6-8-10;1-7(2)8(3)5-6-9(4,10)11/h9-10H,3-8H2,1-2H3;7-8H,5-6H2,1-4H3. The van der Waals surface area contributed by atoms with Gasteiger partial charge in [-0.2, -0.15) is 0 Å². The summed E-state index contributed by atoms with van der Waals surface area (Å²) >= 11 is 0. The lowest BCUT2D eigenvalue weighted by molar-refractivity contribution is 0.00560. The molecule has 0 aromatic carbocycles. The fourth-order valence-electron chi connectivity index (χ4n) is 2.79. The van der Waals surface area contributed by atoms with E-state index in [1.807, 2.05) is 6.92 Å². The first kappa shape index (κ1) is 20.9. The van der Waals surface area contributed by atoms with E-state index < -0.39 is 5.92 Å². The van der Waals surface area contributed by atoms with Crippen LogP contribution >= 0.6 is 0 Å². The highest BCUT2D eigenvalue weighted by Crippen LogP contribution is 2.28. The van der Waals surface area contributed by atoms with Crippen molar-refractivity contribution in [2.75, 3.05) is 0 Å². The van der Waals surface area contributed by atoms with E-state index >= 15 is 0 Å². The molecule has 1 fully saturated rings.